The summed E-state index contributed by atoms with van der Waals surface area (Å²) in [6.45, 7) is 4.76. The summed E-state index contributed by atoms with van der Waals surface area (Å²) in [5, 5.41) is 0.522. The Hall–Kier alpha value is -2.15. The maximum Gasteiger partial charge on any atom is 0.418 e. The largest absolute Gasteiger partial charge is 0.418 e. The van der Waals surface area contributed by atoms with Crippen LogP contribution >= 0.6 is 0 Å². The van der Waals surface area contributed by atoms with E-state index >= 15 is 0 Å². The summed E-state index contributed by atoms with van der Waals surface area (Å²) in [5.74, 6) is 1.83. The van der Waals surface area contributed by atoms with Crippen molar-refractivity contribution in [2.24, 2.45) is 17.8 Å². The van der Waals surface area contributed by atoms with Gasteiger partial charge in [-0.1, -0.05) is 0 Å². The van der Waals surface area contributed by atoms with E-state index in [2.05, 4.69) is 14.8 Å². The Balaban J connectivity index is 1.20. The summed E-state index contributed by atoms with van der Waals surface area (Å²) in [4.78, 5) is 21.6. The van der Waals surface area contributed by atoms with Gasteiger partial charge in [-0.25, -0.2) is 0 Å². The molecule has 1 aromatic heterocycles. The number of pyridine rings is 1. The second-order valence-electron chi connectivity index (χ2n) is 9.82. The molecule has 1 aromatic carbocycles. The zero-order valence-corrected chi connectivity index (χ0v) is 18.3. The number of ketones is 1. The van der Waals surface area contributed by atoms with Crippen LogP contribution in [0.25, 0.3) is 10.9 Å². The highest BCUT2D eigenvalue weighted by Crippen LogP contribution is 2.39. The van der Waals surface area contributed by atoms with Crippen molar-refractivity contribution >= 4 is 22.4 Å². The van der Waals surface area contributed by atoms with Gasteiger partial charge >= 0.3 is 6.18 Å². The van der Waals surface area contributed by atoms with E-state index < -0.39 is 11.7 Å². The lowest BCUT2D eigenvalue weighted by atomic mass is 9.87. The van der Waals surface area contributed by atoms with Crippen LogP contribution in [0.15, 0.2) is 30.5 Å². The van der Waals surface area contributed by atoms with Crippen LogP contribution in [0, 0.1) is 17.8 Å². The quantitative estimate of drug-likeness (QED) is 0.615. The molecule has 2 aromatic rings. The number of Topliss-reactive ketones (excluding diaryl/α,β-unsaturated/α-hetero) is 1. The normalized spacial score (nSPS) is 23.2. The Kier molecular flexibility index (Phi) is 5.86. The predicted molar refractivity (Wildman–Crippen MR) is 119 cm³/mol. The van der Waals surface area contributed by atoms with E-state index in [4.69, 9.17) is 0 Å². The number of alkyl halides is 3. The fourth-order valence-electron chi connectivity index (χ4n) is 5.47. The van der Waals surface area contributed by atoms with Gasteiger partial charge in [-0.3, -0.25) is 9.78 Å². The molecule has 1 aliphatic carbocycles. The lowest BCUT2D eigenvalue weighted by Crippen LogP contribution is -2.37. The van der Waals surface area contributed by atoms with Crippen LogP contribution in [0.4, 0.5) is 18.9 Å². The van der Waals surface area contributed by atoms with Crippen molar-refractivity contribution < 1.29 is 18.0 Å². The van der Waals surface area contributed by atoms with Crippen LogP contribution in [0.5, 0.6) is 0 Å². The molecule has 1 saturated carbocycles. The third-order valence-electron chi connectivity index (χ3n) is 7.42. The molecule has 3 heterocycles. The minimum atomic E-state index is -4.43. The Morgan fingerprint density at radius 2 is 1.78 bits per heavy atom. The van der Waals surface area contributed by atoms with Crippen molar-refractivity contribution in [2.75, 3.05) is 37.6 Å². The lowest BCUT2D eigenvalue weighted by molar-refractivity contribution is -0.136. The zero-order chi connectivity index (χ0) is 22.3. The van der Waals surface area contributed by atoms with E-state index in [1.165, 1.54) is 25.6 Å². The van der Waals surface area contributed by atoms with Crippen LogP contribution in [-0.4, -0.2) is 48.4 Å². The third kappa shape index (κ3) is 4.63. The molecule has 32 heavy (non-hydrogen) atoms. The molecule has 4 nitrogen and oxygen atoms in total. The second kappa shape index (κ2) is 8.65. The summed E-state index contributed by atoms with van der Waals surface area (Å²) < 4.78 is 40.2. The number of likely N-dealkylation sites (tertiary alicyclic amines) is 1. The van der Waals surface area contributed by atoms with Crippen molar-refractivity contribution in [1.29, 1.82) is 0 Å². The Morgan fingerprint density at radius 1 is 1.00 bits per heavy atom. The van der Waals surface area contributed by atoms with E-state index in [9.17, 15) is 18.0 Å². The van der Waals surface area contributed by atoms with Crippen molar-refractivity contribution in [1.82, 2.24) is 9.88 Å². The van der Waals surface area contributed by atoms with Gasteiger partial charge in [0, 0.05) is 55.8 Å². The lowest BCUT2D eigenvalue weighted by Gasteiger charge is -2.34. The molecular weight excluding hydrogens is 415 g/mol. The molecule has 172 valence electrons. The summed E-state index contributed by atoms with van der Waals surface area (Å²) in [5.41, 5.74) is 0.0698. The molecule has 3 aliphatic rings. The number of aromatic nitrogens is 1. The minimum Gasteiger partial charge on any atom is -0.371 e. The van der Waals surface area contributed by atoms with Crippen molar-refractivity contribution in [3.05, 3.63) is 36.0 Å². The standard InChI is InChI=1S/C25H30F3N3O/c26-25(27,28)21-5-6-22(20-2-1-10-29-24(20)21)31-12-8-19(9-13-31)23(32)14-18-7-11-30(16-18)15-17-3-4-17/h1-2,5-6,10,17-19H,3-4,7-9,11-16H2/t18-/m0/s1. The average Bonchev–Trinajstić information content (AvgIpc) is 3.49. The first-order chi connectivity index (χ1) is 15.4. The molecule has 0 amide bonds. The molecule has 0 bridgehead atoms. The van der Waals surface area contributed by atoms with Crippen molar-refractivity contribution in [3.63, 3.8) is 0 Å². The summed E-state index contributed by atoms with van der Waals surface area (Å²) >= 11 is 0. The Bertz CT molecular complexity index is 980. The molecule has 0 N–H and O–H groups in total. The number of carbonyl (C=O) groups is 1. The summed E-state index contributed by atoms with van der Waals surface area (Å²) in [6, 6.07) is 6.07. The average molecular weight is 446 g/mol. The first-order valence-electron chi connectivity index (χ1n) is 11.8. The van der Waals surface area contributed by atoms with Crippen LogP contribution in [0.2, 0.25) is 0 Å². The van der Waals surface area contributed by atoms with Gasteiger partial charge in [0.15, 0.2) is 0 Å². The van der Waals surface area contributed by atoms with Gasteiger partial charge in [0.05, 0.1) is 11.1 Å². The first kappa shape index (κ1) is 21.7. The zero-order valence-electron chi connectivity index (χ0n) is 18.3. The van der Waals surface area contributed by atoms with E-state index in [0.717, 1.165) is 50.0 Å². The van der Waals surface area contributed by atoms with Gasteiger partial charge in [0.2, 0.25) is 0 Å². The number of piperidine rings is 1. The monoisotopic (exact) mass is 445 g/mol. The fourth-order valence-corrected chi connectivity index (χ4v) is 5.47. The number of benzene rings is 1. The minimum absolute atomic E-state index is 0.00677. The molecule has 2 aliphatic heterocycles. The molecule has 3 fully saturated rings. The number of anilines is 1. The fraction of sp³-hybridized carbons (Fsp3) is 0.600. The highest BCUT2D eigenvalue weighted by atomic mass is 19.4. The van der Waals surface area contributed by atoms with Gasteiger partial charge < -0.3 is 9.80 Å². The molecule has 0 radical (unpaired) electrons. The van der Waals surface area contributed by atoms with Gasteiger partial charge in [-0.15, -0.1) is 0 Å². The molecular formula is C25H30F3N3O. The maximum absolute atomic E-state index is 13.4. The predicted octanol–water partition coefficient (Wildman–Crippen LogP) is 5.16. The highest BCUT2D eigenvalue weighted by molar-refractivity contribution is 5.94. The molecule has 7 heteroatoms. The molecule has 1 atom stereocenters. The number of hydrogen-bond donors (Lipinski definition) is 0. The third-order valence-corrected chi connectivity index (χ3v) is 7.42. The number of halogens is 3. The van der Waals surface area contributed by atoms with E-state index in [-0.39, 0.29) is 11.4 Å². The van der Waals surface area contributed by atoms with Crippen LogP contribution in [0.1, 0.15) is 44.1 Å². The first-order valence-corrected chi connectivity index (χ1v) is 11.8. The number of rotatable bonds is 6. The van der Waals surface area contributed by atoms with Gasteiger partial charge in [-0.2, -0.15) is 13.2 Å². The van der Waals surface area contributed by atoms with Gasteiger partial charge in [-0.05, 0) is 74.8 Å². The SMILES string of the molecule is O=C(C[C@@H]1CCN(CC2CC2)C1)C1CCN(c2ccc(C(F)(F)F)c3ncccc23)CC1. The Labute approximate surface area is 186 Å². The van der Waals surface area contributed by atoms with E-state index in [1.54, 1.807) is 18.2 Å². The van der Waals surface area contributed by atoms with E-state index in [0.29, 0.717) is 36.6 Å². The number of nitrogens with zero attached hydrogens (tertiary/aromatic N) is 3. The number of carbonyl (C=O) groups excluding carboxylic acids is 1. The summed E-state index contributed by atoms with van der Waals surface area (Å²) in [6.07, 6.45) is 3.03. The highest BCUT2D eigenvalue weighted by Gasteiger charge is 2.35. The number of fused-ring (bicyclic) bond motifs is 1. The smallest absolute Gasteiger partial charge is 0.371 e. The van der Waals surface area contributed by atoms with Crippen LogP contribution < -0.4 is 4.90 Å². The van der Waals surface area contributed by atoms with Crippen molar-refractivity contribution in [3.8, 4) is 0 Å². The molecule has 0 unspecified atom stereocenters. The van der Waals surface area contributed by atoms with Crippen LogP contribution in [-0.2, 0) is 11.0 Å². The molecule has 5 rings (SSSR count). The second-order valence-corrected chi connectivity index (χ2v) is 9.82. The van der Waals surface area contributed by atoms with Crippen molar-refractivity contribution in [2.45, 2.75) is 44.7 Å². The van der Waals surface area contributed by atoms with Gasteiger partial charge in [0.25, 0.3) is 0 Å². The molecule has 0 spiro atoms. The topological polar surface area (TPSA) is 36.4 Å². The maximum atomic E-state index is 13.4. The van der Waals surface area contributed by atoms with E-state index in [1.807, 2.05) is 0 Å². The van der Waals surface area contributed by atoms with Crippen LogP contribution in [0.3, 0.4) is 0 Å². The number of hydrogen-bond acceptors (Lipinski definition) is 4. The molecule has 2 saturated heterocycles. The Morgan fingerprint density at radius 3 is 2.50 bits per heavy atom. The summed E-state index contributed by atoms with van der Waals surface area (Å²) in [7, 11) is 0. The van der Waals surface area contributed by atoms with Gasteiger partial charge in [0.1, 0.15) is 5.78 Å².